The van der Waals surface area contributed by atoms with E-state index in [9.17, 15) is 0 Å². The Morgan fingerprint density at radius 2 is 2.00 bits per heavy atom. The average Bonchev–Trinajstić information content (AvgIpc) is 3.15. The summed E-state index contributed by atoms with van der Waals surface area (Å²) in [6.07, 6.45) is 9.63. The standard InChI is InChI=1S/C19H21N3/c1-21-11-2-3-18(21)13-15-4-5-16-8-12-22(19(16)14-15)17-6-9-20-10-7-17/h4-10,12,14,18H,2-3,11,13H2,1H3/t18-/m0/s1. The molecule has 112 valence electrons. The normalized spacial score (nSPS) is 19.0. The molecule has 0 radical (unpaired) electrons. The highest BCUT2D eigenvalue weighted by Gasteiger charge is 2.21. The van der Waals surface area contributed by atoms with Crippen LogP contribution in [0.1, 0.15) is 18.4 Å². The highest BCUT2D eigenvalue weighted by atomic mass is 15.1. The number of likely N-dealkylation sites (tertiary alicyclic amines) is 1. The third-order valence-electron chi connectivity index (χ3n) is 4.84. The summed E-state index contributed by atoms with van der Waals surface area (Å²) in [5.74, 6) is 0. The van der Waals surface area contributed by atoms with Gasteiger partial charge in [-0.15, -0.1) is 0 Å². The molecular formula is C19H21N3. The Morgan fingerprint density at radius 3 is 2.77 bits per heavy atom. The second-order valence-electron chi connectivity index (χ2n) is 6.27. The third-order valence-corrected chi connectivity index (χ3v) is 4.84. The van der Waals surface area contributed by atoms with E-state index in [4.69, 9.17) is 0 Å². The number of nitrogens with zero attached hydrogens (tertiary/aromatic N) is 3. The van der Waals surface area contributed by atoms with E-state index in [1.54, 1.807) is 0 Å². The van der Waals surface area contributed by atoms with E-state index in [2.05, 4.69) is 64.1 Å². The Labute approximate surface area is 131 Å². The number of hydrogen-bond donors (Lipinski definition) is 0. The topological polar surface area (TPSA) is 21.1 Å². The summed E-state index contributed by atoms with van der Waals surface area (Å²) in [5, 5.41) is 1.29. The van der Waals surface area contributed by atoms with Crippen LogP contribution in [-0.4, -0.2) is 34.1 Å². The van der Waals surface area contributed by atoms with Gasteiger partial charge < -0.3 is 9.47 Å². The predicted molar refractivity (Wildman–Crippen MR) is 90.4 cm³/mol. The molecule has 3 nitrogen and oxygen atoms in total. The molecule has 3 aromatic rings. The molecule has 4 rings (SSSR count). The molecule has 1 atom stereocenters. The van der Waals surface area contributed by atoms with Crippen LogP contribution in [0.3, 0.4) is 0 Å². The van der Waals surface area contributed by atoms with Crippen molar-refractivity contribution in [3.8, 4) is 5.69 Å². The number of benzene rings is 1. The fourth-order valence-electron chi connectivity index (χ4n) is 3.54. The van der Waals surface area contributed by atoms with Crippen LogP contribution >= 0.6 is 0 Å². The van der Waals surface area contributed by atoms with Crippen molar-refractivity contribution in [2.75, 3.05) is 13.6 Å². The summed E-state index contributed by atoms with van der Waals surface area (Å²) in [6, 6.07) is 13.9. The van der Waals surface area contributed by atoms with Crippen LogP contribution in [0.4, 0.5) is 0 Å². The van der Waals surface area contributed by atoms with E-state index in [1.165, 1.54) is 41.5 Å². The molecule has 3 heterocycles. The largest absolute Gasteiger partial charge is 0.316 e. The Kier molecular flexibility index (Phi) is 3.43. The summed E-state index contributed by atoms with van der Waals surface area (Å²) < 4.78 is 2.25. The maximum absolute atomic E-state index is 4.11. The van der Waals surface area contributed by atoms with Crippen molar-refractivity contribution in [2.45, 2.75) is 25.3 Å². The molecule has 0 N–H and O–H groups in total. The number of fused-ring (bicyclic) bond motifs is 1. The minimum absolute atomic E-state index is 0.696. The van der Waals surface area contributed by atoms with Crippen LogP contribution < -0.4 is 0 Å². The van der Waals surface area contributed by atoms with E-state index in [0.717, 1.165) is 6.42 Å². The van der Waals surface area contributed by atoms with Gasteiger partial charge in [0.25, 0.3) is 0 Å². The highest BCUT2D eigenvalue weighted by Crippen LogP contribution is 2.24. The number of likely N-dealkylation sites (N-methyl/N-ethyl adjacent to an activating group) is 1. The molecule has 0 unspecified atom stereocenters. The third kappa shape index (κ3) is 2.42. The summed E-state index contributed by atoms with van der Waals surface area (Å²) in [5.41, 5.74) is 3.88. The summed E-state index contributed by atoms with van der Waals surface area (Å²) in [7, 11) is 2.25. The van der Waals surface area contributed by atoms with E-state index in [0.29, 0.717) is 6.04 Å². The van der Waals surface area contributed by atoms with Crippen molar-refractivity contribution in [1.82, 2.24) is 14.5 Å². The number of hydrogen-bond acceptors (Lipinski definition) is 2. The summed E-state index contributed by atoms with van der Waals surface area (Å²) in [4.78, 5) is 6.60. The minimum Gasteiger partial charge on any atom is -0.316 e. The van der Waals surface area contributed by atoms with Crippen molar-refractivity contribution in [3.63, 3.8) is 0 Å². The molecule has 0 aliphatic carbocycles. The van der Waals surface area contributed by atoms with E-state index < -0.39 is 0 Å². The zero-order valence-electron chi connectivity index (χ0n) is 12.9. The molecule has 1 aliphatic heterocycles. The number of rotatable bonds is 3. The van der Waals surface area contributed by atoms with Gasteiger partial charge in [0.15, 0.2) is 0 Å². The first-order chi connectivity index (χ1) is 10.8. The van der Waals surface area contributed by atoms with Gasteiger partial charge in [-0.1, -0.05) is 12.1 Å². The van der Waals surface area contributed by atoms with Gasteiger partial charge in [-0.05, 0) is 68.1 Å². The quantitative estimate of drug-likeness (QED) is 0.734. The molecule has 2 aromatic heterocycles. The van der Waals surface area contributed by atoms with Crippen molar-refractivity contribution in [3.05, 3.63) is 60.6 Å². The maximum Gasteiger partial charge on any atom is 0.0531 e. The molecule has 1 saturated heterocycles. The molecule has 22 heavy (non-hydrogen) atoms. The molecule has 0 saturated carbocycles. The van der Waals surface area contributed by atoms with Crippen molar-refractivity contribution in [2.24, 2.45) is 0 Å². The van der Waals surface area contributed by atoms with Crippen molar-refractivity contribution < 1.29 is 0 Å². The van der Waals surface area contributed by atoms with Gasteiger partial charge in [0.1, 0.15) is 0 Å². The first-order valence-electron chi connectivity index (χ1n) is 8.02. The Morgan fingerprint density at radius 1 is 1.14 bits per heavy atom. The summed E-state index contributed by atoms with van der Waals surface area (Å²) in [6.45, 7) is 1.24. The fraction of sp³-hybridized carbons (Fsp3) is 0.316. The van der Waals surface area contributed by atoms with Gasteiger partial charge in [-0.3, -0.25) is 4.98 Å². The van der Waals surface area contributed by atoms with Crippen LogP contribution in [0, 0.1) is 0 Å². The van der Waals surface area contributed by atoms with Crippen LogP contribution in [0.2, 0.25) is 0 Å². The molecule has 1 aromatic carbocycles. The van der Waals surface area contributed by atoms with Crippen LogP contribution in [0.15, 0.2) is 55.0 Å². The van der Waals surface area contributed by atoms with Gasteiger partial charge in [0, 0.05) is 30.3 Å². The highest BCUT2D eigenvalue weighted by molar-refractivity contribution is 5.82. The second-order valence-corrected chi connectivity index (χ2v) is 6.27. The van der Waals surface area contributed by atoms with E-state index in [1.807, 2.05) is 12.4 Å². The van der Waals surface area contributed by atoms with E-state index in [-0.39, 0.29) is 0 Å². The second kappa shape index (κ2) is 5.58. The van der Waals surface area contributed by atoms with Gasteiger partial charge >= 0.3 is 0 Å². The monoisotopic (exact) mass is 291 g/mol. The SMILES string of the molecule is CN1CCC[C@H]1Cc1ccc2ccn(-c3ccncc3)c2c1. The lowest BCUT2D eigenvalue weighted by atomic mass is 10.0. The van der Waals surface area contributed by atoms with Crippen LogP contribution in [-0.2, 0) is 6.42 Å². The predicted octanol–water partition coefficient (Wildman–Crippen LogP) is 3.66. The molecule has 0 bridgehead atoms. The van der Waals surface area contributed by atoms with Gasteiger partial charge in [-0.2, -0.15) is 0 Å². The molecule has 1 fully saturated rings. The Hall–Kier alpha value is -2.13. The lowest BCUT2D eigenvalue weighted by Gasteiger charge is -2.19. The van der Waals surface area contributed by atoms with Crippen molar-refractivity contribution in [1.29, 1.82) is 0 Å². The van der Waals surface area contributed by atoms with Crippen LogP contribution in [0.5, 0.6) is 0 Å². The molecule has 0 spiro atoms. The van der Waals surface area contributed by atoms with Crippen LogP contribution in [0.25, 0.3) is 16.6 Å². The smallest absolute Gasteiger partial charge is 0.0531 e. The number of pyridine rings is 1. The van der Waals surface area contributed by atoms with Crippen molar-refractivity contribution >= 4 is 10.9 Å². The van der Waals surface area contributed by atoms with Gasteiger partial charge in [0.05, 0.1) is 5.52 Å². The minimum atomic E-state index is 0.696. The van der Waals surface area contributed by atoms with Gasteiger partial charge in [-0.25, -0.2) is 0 Å². The molecule has 3 heteroatoms. The lowest BCUT2D eigenvalue weighted by Crippen LogP contribution is -2.26. The Balaban J connectivity index is 1.70. The zero-order valence-corrected chi connectivity index (χ0v) is 12.9. The zero-order chi connectivity index (χ0) is 14.9. The first kappa shape index (κ1) is 13.5. The maximum atomic E-state index is 4.11. The molecular weight excluding hydrogens is 270 g/mol. The first-order valence-corrected chi connectivity index (χ1v) is 8.02. The summed E-state index contributed by atoms with van der Waals surface area (Å²) >= 11 is 0. The lowest BCUT2D eigenvalue weighted by molar-refractivity contribution is 0.309. The Bertz CT molecular complexity index is 776. The van der Waals surface area contributed by atoms with E-state index >= 15 is 0 Å². The fourth-order valence-corrected chi connectivity index (χ4v) is 3.54. The van der Waals surface area contributed by atoms with Gasteiger partial charge in [0.2, 0.25) is 0 Å². The molecule has 1 aliphatic rings. The molecule has 0 amide bonds. The average molecular weight is 291 g/mol. The number of aromatic nitrogens is 2.